The summed E-state index contributed by atoms with van der Waals surface area (Å²) in [7, 11) is -2.30. The van der Waals surface area contributed by atoms with E-state index in [1.165, 1.54) is 11.4 Å². The van der Waals surface area contributed by atoms with Gasteiger partial charge in [-0.25, -0.2) is 13.2 Å². The molecule has 0 unspecified atom stereocenters. The number of sulfonamides is 1. The first-order valence-electron chi connectivity index (χ1n) is 11.9. The summed E-state index contributed by atoms with van der Waals surface area (Å²) in [5, 5.41) is 5.22. The molecule has 0 radical (unpaired) electrons. The van der Waals surface area contributed by atoms with E-state index in [4.69, 9.17) is 16.3 Å². The number of methoxy groups -OCH3 is 1. The number of anilines is 2. The molecule has 13 heteroatoms. The molecule has 0 saturated carbocycles. The lowest BCUT2D eigenvalue weighted by Crippen LogP contribution is -2.48. The van der Waals surface area contributed by atoms with Crippen molar-refractivity contribution in [2.45, 2.75) is 29.6 Å². The molecule has 2 aliphatic heterocycles. The van der Waals surface area contributed by atoms with Crippen LogP contribution >= 0.6 is 22.9 Å². The van der Waals surface area contributed by atoms with Crippen molar-refractivity contribution in [3.05, 3.63) is 75.6 Å². The van der Waals surface area contributed by atoms with E-state index in [0.717, 1.165) is 27.6 Å². The normalized spacial score (nSPS) is 16.4. The van der Waals surface area contributed by atoms with Gasteiger partial charge in [-0.3, -0.25) is 15.6 Å². The quantitative estimate of drug-likeness (QED) is 0.362. The highest BCUT2D eigenvalue weighted by Crippen LogP contribution is 2.33. The minimum absolute atomic E-state index is 0.0532. The number of hydrogen-bond donors (Lipinski definition) is 3. The molecule has 38 heavy (non-hydrogen) atoms. The first kappa shape index (κ1) is 26.4. The number of amides is 1. The molecule has 1 aromatic heterocycles. The van der Waals surface area contributed by atoms with Crippen LogP contribution in [0.15, 0.2) is 58.8 Å². The zero-order valence-electron chi connectivity index (χ0n) is 20.4. The average molecular weight is 576 g/mol. The van der Waals surface area contributed by atoms with E-state index < -0.39 is 16.0 Å². The van der Waals surface area contributed by atoms with Gasteiger partial charge in [0.05, 0.1) is 36.6 Å². The maximum Gasteiger partial charge on any atom is 0.337 e. The summed E-state index contributed by atoms with van der Waals surface area (Å²) in [6.07, 6.45) is 1.24. The lowest BCUT2D eigenvalue weighted by Gasteiger charge is -2.35. The lowest BCUT2D eigenvalue weighted by atomic mass is 10.1. The lowest BCUT2D eigenvalue weighted by molar-refractivity contribution is 0.0600. The van der Waals surface area contributed by atoms with E-state index in [2.05, 4.69) is 16.2 Å². The molecule has 3 aromatic rings. The van der Waals surface area contributed by atoms with Gasteiger partial charge in [0, 0.05) is 28.6 Å². The van der Waals surface area contributed by atoms with Gasteiger partial charge in [0.1, 0.15) is 4.21 Å². The summed E-state index contributed by atoms with van der Waals surface area (Å²) in [6.45, 7) is 0.975. The largest absolute Gasteiger partial charge is 0.465 e. The number of hydrogen-bond acceptors (Lipinski definition) is 9. The number of thiophene rings is 1. The van der Waals surface area contributed by atoms with Gasteiger partial charge in [-0.05, 0) is 67.4 Å². The molecule has 10 nitrogen and oxygen atoms in total. The second-order valence-electron chi connectivity index (χ2n) is 8.89. The number of benzene rings is 2. The van der Waals surface area contributed by atoms with E-state index in [0.29, 0.717) is 42.1 Å². The van der Waals surface area contributed by atoms with Gasteiger partial charge in [0.2, 0.25) is 0 Å². The minimum Gasteiger partial charge on any atom is -0.465 e. The number of piperidine rings is 1. The number of hydrazine groups is 2. The summed E-state index contributed by atoms with van der Waals surface area (Å²) in [4.78, 5) is 24.9. The molecular formula is C25H26ClN5O5S2. The summed E-state index contributed by atoms with van der Waals surface area (Å²) < 4.78 is 33.1. The van der Waals surface area contributed by atoms with Crippen LogP contribution < -0.4 is 16.2 Å². The van der Waals surface area contributed by atoms with Crippen molar-refractivity contribution in [1.82, 2.24) is 14.7 Å². The molecule has 0 bridgehead atoms. The molecule has 1 fully saturated rings. The molecule has 1 amide bonds. The molecule has 0 aliphatic carbocycles. The maximum atomic E-state index is 13.3. The Balaban J connectivity index is 1.15. The zero-order valence-corrected chi connectivity index (χ0v) is 22.8. The fraction of sp³-hybridized carbons (Fsp3) is 0.280. The van der Waals surface area contributed by atoms with Crippen LogP contribution in [0.1, 0.15) is 38.4 Å². The number of fused-ring (bicyclic) bond motifs is 1. The van der Waals surface area contributed by atoms with Gasteiger partial charge in [-0.2, -0.15) is 4.31 Å². The Labute approximate surface area is 229 Å². The third-order valence-corrected chi connectivity index (χ3v) is 10.2. The number of carbonyl (C=O) groups excluding carboxylic acids is 2. The highest BCUT2D eigenvalue weighted by atomic mass is 35.5. The number of carbonyl (C=O) groups is 2. The highest BCUT2D eigenvalue weighted by molar-refractivity contribution is 7.91. The van der Waals surface area contributed by atoms with E-state index in [9.17, 15) is 18.0 Å². The number of halogens is 1. The third kappa shape index (κ3) is 5.49. The predicted octanol–water partition coefficient (Wildman–Crippen LogP) is 3.94. The number of esters is 1. The van der Waals surface area contributed by atoms with Crippen LogP contribution in [0.25, 0.3) is 0 Å². The summed E-state index contributed by atoms with van der Waals surface area (Å²) >= 11 is 7.02. The monoisotopic (exact) mass is 575 g/mol. The van der Waals surface area contributed by atoms with Crippen molar-refractivity contribution in [2.75, 3.05) is 31.1 Å². The Kier molecular flexibility index (Phi) is 7.59. The summed E-state index contributed by atoms with van der Waals surface area (Å²) in [5.41, 5.74) is 9.06. The van der Waals surface area contributed by atoms with Crippen LogP contribution in [0.4, 0.5) is 11.4 Å². The first-order chi connectivity index (χ1) is 18.2. The molecule has 2 aliphatic rings. The molecule has 5 rings (SSSR count). The topological polar surface area (TPSA) is 120 Å². The zero-order chi connectivity index (χ0) is 26.9. The number of nitrogens with zero attached hydrogens (tertiary/aromatic N) is 2. The number of rotatable bonds is 7. The molecule has 3 heterocycles. The predicted molar refractivity (Wildman–Crippen MR) is 146 cm³/mol. The Morgan fingerprint density at radius 3 is 2.42 bits per heavy atom. The summed E-state index contributed by atoms with van der Waals surface area (Å²) in [6, 6.07) is 15.2. The van der Waals surface area contributed by atoms with Crippen molar-refractivity contribution < 1.29 is 22.7 Å². The van der Waals surface area contributed by atoms with Crippen molar-refractivity contribution >= 4 is 56.2 Å². The standard InChI is InChI=1S/C25H26ClN5O5S2/c1-36-25(33)17-4-8-21-22(14-17)29-31(28-21)19-10-12-30(13-11-19)38(34,35)23-9-7-20(37-23)15-27-24(32)16-2-5-18(26)6-3-16/h2-9,14,19,28-29H,10-13,15H2,1H3,(H,27,32). The minimum atomic E-state index is -3.64. The average Bonchev–Trinajstić information content (AvgIpc) is 3.59. The molecular weight excluding hydrogens is 550 g/mol. The number of ether oxygens (including phenoxy) is 1. The molecule has 0 spiro atoms. The number of nitrogens with one attached hydrogen (secondary N) is 3. The molecule has 1 saturated heterocycles. The van der Waals surface area contributed by atoms with Gasteiger partial charge in [0.15, 0.2) is 0 Å². The van der Waals surface area contributed by atoms with Crippen molar-refractivity contribution in [2.24, 2.45) is 0 Å². The van der Waals surface area contributed by atoms with Crippen LogP contribution in [-0.4, -0.2) is 56.0 Å². The van der Waals surface area contributed by atoms with E-state index in [-0.39, 0.29) is 22.7 Å². The highest BCUT2D eigenvalue weighted by Gasteiger charge is 2.34. The van der Waals surface area contributed by atoms with Gasteiger partial charge < -0.3 is 10.1 Å². The Morgan fingerprint density at radius 1 is 1.03 bits per heavy atom. The van der Waals surface area contributed by atoms with Crippen LogP contribution in [0.5, 0.6) is 0 Å². The Bertz CT molecular complexity index is 1450. The van der Waals surface area contributed by atoms with Gasteiger partial charge in [-0.1, -0.05) is 11.6 Å². The molecule has 0 atom stereocenters. The van der Waals surface area contributed by atoms with Crippen LogP contribution in [0, 0.1) is 0 Å². The third-order valence-electron chi connectivity index (χ3n) is 6.47. The molecule has 3 N–H and O–H groups in total. The van der Waals surface area contributed by atoms with Crippen molar-refractivity contribution in [3.8, 4) is 0 Å². The van der Waals surface area contributed by atoms with Gasteiger partial charge in [0.25, 0.3) is 15.9 Å². The van der Waals surface area contributed by atoms with Crippen LogP contribution in [-0.2, 0) is 21.3 Å². The fourth-order valence-electron chi connectivity index (χ4n) is 4.38. The smallest absolute Gasteiger partial charge is 0.337 e. The maximum absolute atomic E-state index is 13.3. The first-order valence-corrected chi connectivity index (χ1v) is 14.6. The summed E-state index contributed by atoms with van der Waals surface area (Å²) in [5.74, 6) is -0.665. The van der Waals surface area contributed by atoms with Crippen LogP contribution in [0.2, 0.25) is 5.02 Å². The SMILES string of the molecule is COC(=O)c1ccc2c(c1)NN(C1CCN(S(=O)(=O)c3ccc(CNC(=O)c4ccc(Cl)cc4)s3)CC1)N2. The van der Waals surface area contributed by atoms with E-state index >= 15 is 0 Å². The van der Waals surface area contributed by atoms with E-state index in [1.54, 1.807) is 54.6 Å². The molecule has 2 aromatic carbocycles. The Hall–Kier alpha value is -3.16. The van der Waals surface area contributed by atoms with E-state index in [1.807, 2.05) is 5.12 Å². The van der Waals surface area contributed by atoms with Crippen LogP contribution in [0.3, 0.4) is 0 Å². The van der Waals surface area contributed by atoms with Gasteiger partial charge >= 0.3 is 5.97 Å². The molecule has 200 valence electrons. The van der Waals surface area contributed by atoms with Crippen molar-refractivity contribution in [1.29, 1.82) is 0 Å². The van der Waals surface area contributed by atoms with Crippen molar-refractivity contribution in [3.63, 3.8) is 0 Å². The second-order valence-corrected chi connectivity index (χ2v) is 12.7. The second kappa shape index (κ2) is 10.9. The van der Waals surface area contributed by atoms with Gasteiger partial charge in [-0.15, -0.1) is 16.5 Å². The Morgan fingerprint density at radius 2 is 1.71 bits per heavy atom. The fourth-order valence-corrected chi connectivity index (χ4v) is 7.43.